The molecule has 0 aliphatic carbocycles. The molecule has 8 nitrogen and oxygen atoms in total. The molecule has 1 rings (SSSR count). The van der Waals surface area contributed by atoms with E-state index in [2.05, 4.69) is 0 Å². The predicted octanol–water partition coefficient (Wildman–Crippen LogP) is 2.98. The summed E-state index contributed by atoms with van der Waals surface area (Å²) in [5.41, 5.74) is -2.72. The summed E-state index contributed by atoms with van der Waals surface area (Å²) in [6, 6.07) is 0. The summed E-state index contributed by atoms with van der Waals surface area (Å²) in [6.07, 6.45) is 8.15. The molecule has 0 amide bonds. The molecule has 0 spiro atoms. The van der Waals surface area contributed by atoms with E-state index in [4.69, 9.17) is 9.47 Å². The van der Waals surface area contributed by atoms with Crippen molar-refractivity contribution < 1.29 is 39.5 Å². The largest absolute Gasteiger partial charge is 0.457 e. The van der Waals surface area contributed by atoms with Gasteiger partial charge >= 0.3 is 11.9 Å². The van der Waals surface area contributed by atoms with Crippen molar-refractivity contribution in [3.63, 3.8) is 0 Å². The Morgan fingerprint density at radius 3 is 2.66 bits per heavy atom. The normalized spacial score (nSPS) is 33.3. The fraction of sp³-hybridized carbons (Fsp3) is 0.704. The van der Waals surface area contributed by atoms with Crippen molar-refractivity contribution in [2.75, 3.05) is 0 Å². The molecule has 1 aliphatic heterocycles. The van der Waals surface area contributed by atoms with Crippen LogP contribution in [0.2, 0.25) is 0 Å². The number of aliphatic hydroxyl groups excluding tert-OH is 2. The van der Waals surface area contributed by atoms with E-state index in [0.29, 0.717) is 12.8 Å². The number of aliphatic hydroxyl groups is 4. The van der Waals surface area contributed by atoms with Crippen molar-refractivity contribution in [3.8, 4) is 0 Å². The molecule has 35 heavy (non-hydrogen) atoms. The third-order valence-corrected chi connectivity index (χ3v) is 6.32. The van der Waals surface area contributed by atoms with Gasteiger partial charge in [-0.05, 0) is 57.6 Å². The molecule has 8 atom stereocenters. The maximum absolute atomic E-state index is 12.4. The van der Waals surface area contributed by atoms with Gasteiger partial charge in [0, 0.05) is 12.8 Å². The number of rotatable bonds is 8. The molecule has 0 saturated heterocycles. The molecular formula is C27H44O8. The van der Waals surface area contributed by atoms with Gasteiger partial charge in [-0.1, -0.05) is 45.1 Å². The Balaban J connectivity index is 3.04. The first-order valence-electron chi connectivity index (χ1n) is 12.4. The van der Waals surface area contributed by atoms with Crippen LogP contribution in [0.15, 0.2) is 36.5 Å². The zero-order valence-electron chi connectivity index (χ0n) is 21.9. The minimum Gasteiger partial charge on any atom is -0.457 e. The van der Waals surface area contributed by atoms with Crippen molar-refractivity contribution in [1.82, 2.24) is 0 Å². The summed E-state index contributed by atoms with van der Waals surface area (Å²) < 4.78 is 10.9. The molecule has 0 radical (unpaired) electrons. The molecule has 1 aliphatic rings. The third-order valence-electron chi connectivity index (χ3n) is 6.32. The predicted molar refractivity (Wildman–Crippen MR) is 133 cm³/mol. The van der Waals surface area contributed by atoms with E-state index in [1.165, 1.54) is 13.8 Å². The lowest BCUT2D eigenvalue weighted by atomic mass is 9.89. The Morgan fingerprint density at radius 1 is 1.40 bits per heavy atom. The molecule has 0 aromatic rings. The zero-order valence-corrected chi connectivity index (χ0v) is 21.9. The fourth-order valence-corrected chi connectivity index (χ4v) is 3.78. The lowest BCUT2D eigenvalue weighted by Gasteiger charge is -2.32. The van der Waals surface area contributed by atoms with Crippen molar-refractivity contribution in [2.45, 2.75) is 109 Å². The fourth-order valence-electron chi connectivity index (χ4n) is 3.78. The summed E-state index contributed by atoms with van der Waals surface area (Å²) in [5, 5.41) is 41.3. The average Bonchev–Trinajstić information content (AvgIpc) is 2.76. The van der Waals surface area contributed by atoms with Gasteiger partial charge in [-0.15, -0.1) is 0 Å². The molecule has 4 N–H and O–H groups in total. The first-order valence-corrected chi connectivity index (χ1v) is 12.4. The Morgan fingerprint density at radius 2 is 2.06 bits per heavy atom. The van der Waals surface area contributed by atoms with Gasteiger partial charge < -0.3 is 29.9 Å². The average molecular weight is 497 g/mol. The van der Waals surface area contributed by atoms with Crippen LogP contribution in [0.5, 0.6) is 0 Å². The molecule has 0 saturated carbocycles. The SMILES string of the molecule is CC[C@H](O)[C@](C)(O)/C=C/C[C@@H](C)/C=C/[C@@H]1OC(=O)C[C@H](O)CC[C@](C)(O)[C@@H](OC(C)=O)/C=C/[C@@H]1C. The van der Waals surface area contributed by atoms with Crippen LogP contribution in [0.3, 0.4) is 0 Å². The topological polar surface area (TPSA) is 134 Å². The van der Waals surface area contributed by atoms with Gasteiger partial charge in [-0.25, -0.2) is 0 Å². The third kappa shape index (κ3) is 11.1. The highest BCUT2D eigenvalue weighted by molar-refractivity contribution is 5.70. The van der Waals surface area contributed by atoms with Gasteiger partial charge in [0.1, 0.15) is 23.4 Å². The van der Waals surface area contributed by atoms with Crippen LogP contribution in [0.25, 0.3) is 0 Å². The number of hydrogen-bond donors (Lipinski definition) is 4. The number of hydrogen-bond acceptors (Lipinski definition) is 8. The number of carbonyl (C=O) groups excluding carboxylic acids is 2. The Hall–Kier alpha value is -2.00. The molecule has 0 unspecified atom stereocenters. The summed E-state index contributed by atoms with van der Waals surface area (Å²) >= 11 is 0. The van der Waals surface area contributed by atoms with E-state index in [1.54, 1.807) is 38.2 Å². The van der Waals surface area contributed by atoms with Crippen molar-refractivity contribution in [1.29, 1.82) is 0 Å². The van der Waals surface area contributed by atoms with Gasteiger partial charge in [0.05, 0.1) is 18.6 Å². The molecule has 8 heteroatoms. The number of esters is 2. The summed E-state index contributed by atoms with van der Waals surface area (Å²) in [7, 11) is 0. The first kappa shape index (κ1) is 31.0. The van der Waals surface area contributed by atoms with E-state index in [1.807, 2.05) is 26.0 Å². The minimum absolute atomic E-state index is 0.0530. The van der Waals surface area contributed by atoms with Gasteiger partial charge in [0.2, 0.25) is 0 Å². The highest BCUT2D eigenvalue weighted by Crippen LogP contribution is 2.26. The van der Waals surface area contributed by atoms with Gasteiger partial charge in [-0.3, -0.25) is 9.59 Å². The Labute approximate surface area is 209 Å². The summed E-state index contributed by atoms with van der Waals surface area (Å²) in [4.78, 5) is 24.0. The molecule has 1 heterocycles. The maximum Gasteiger partial charge on any atom is 0.309 e. The van der Waals surface area contributed by atoms with E-state index in [-0.39, 0.29) is 31.1 Å². The van der Waals surface area contributed by atoms with E-state index >= 15 is 0 Å². The van der Waals surface area contributed by atoms with Crippen LogP contribution < -0.4 is 0 Å². The first-order chi connectivity index (χ1) is 16.2. The second-order valence-electron chi connectivity index (χ2n) is 10.1. The van der Waals surface area contributed by atoms with Crippen molar-refractivity contribution >= 4 is 11.9 Å². The lowest BCUT2D eigenvalue weighted by molar-refractivity contribution is -0.157. The van der Waals surface area contributed by atoms with Gasteiger partial charge in [0.25, 0.3) is 0 Å². The monoisotopic (exact) mass is 496 g/mol. The van der Waals surface area contributed by atoms with Crippen LogP contribution in [-0.4, -0.2) is 68.0 Å². The molecule has 0 aromatic heterocycles. The highest BCUT2D eigenvalue weighted by atomic mass is 16.6. The number of carbonyl (C=O) groups is 2. The van der Waals surface area contributed by atoms with E-state index in [9.17, 15) is 30.0 Å². The number of ether oxygens (including phenoxy) is 2. The Kier molecular flexibility index (Phi) is 12.3. The lowest BCUT2D eigenvalue weighted by Crippen LogP contribution is -2.42. The molecule has 0 aromatic carbocycles. The van der Waals surface area contributed by atoms with E-state index in [0.717, 1.165) is 0 Å². The second kappa shape index (κ2) is 13.9. The van der Waals surface area contributed by atoms with E-state index < -0.39 is 47.6 Å². The molecule has 0 bridgehead atoms. The second-order valence-corrected chi connectivity index (χ2v) is 10.1. The van der Waals surface area contributed by atoms with Crippen LogP contribution in [0, 0.1) is 11.8 Å². The highest BCUT2D eigenvalue weighted by Gasteiger charge is 2.34. The molecule has 200 valence electrons. The number of allylic oxidation sites excluding steroid dienone is 2. The van der Waals surface area contributed by atoms with Crippen LogP contribution >= 0.6 is 0 Å². The van der Waals surface area contributed by atoms with Crippen LogP contribution in [-0.2, 0) is 19.1 Å². The van der Waals surface area contributed by atoms with Crippen molar-refractivity contribution in [3.05, 3.63) is 36.5 Å². The van der Waals surface area contributed by atoms with Gasteiger partial charge in [0.15, 0.2) is 0 Å². The molecule has 0 fully saturated rings. The zero-order chi connectivity index (χ0) is 26.8. The van der Waals surface area contributed by atoms with Crippen LogP contribution in [0.1, 0.15) is 73.6 Å². The van der Waals surface area contributed by atoms with Crippen molar-refractivity contribution in [2.24, 2.45) is 11.8 Å². The summed E-state index contributed by atoms with van der Waals surface area (Å²) in [5.74, 6) is -1.32. The maximum atomic E-state index is 12.4. The Bertz CT molecular complexity index is 767. The smallest absolute Gasteiger partial charge is 0.309 e. The van der Waals surface area contributed by atoms with Gasteiger partial charge in [-0.2, -0.15) is 0 Å². The number of cyclic esters (lactones) is 1. The summed E-state index contributed by atoms with van der Waals surface area (Å²) in [6.45, 7) is 9.98. The quantitative estimate of drug-likeness (QED) is 0.298. The minimum atomic E-state index is -1.41. The standard InChI is InChI=1S/C27H44O8/c1-7-23(30)26(5,32)15-8-9-18(2)10-12-22-19(3)11-13-24(34-20(4)28)27(6,33)16-14-21(29)17-25(31)35-22/h8,10-13,15,18-19,21-24,29-30,32-33H,7,9,14,16-17H2,1-6H3/b12-10+,13-11+,15-8+/t18-,19+,21-,22+,23+,24+,26-,27+/m1/s1. The van der Waals surface area contributed by atoms with Crippen LogP contribution in [0.4, 0.5) is 0 Å². The molecular weight excluding hydrogens is 452 g/mol.